The van der Waals surface area contributed by atoms with E-state index in [2.05, 4.69) is 30.3 Å². The molecule has 0 saturated carbocycles. The van der Waals surface area contributed by atoms with Gasteiger partial charge in [0.25, 0.3) is 0 Å². The molecule has 0 bridgehead atoms. The first-order valence-corrected chi connectivity index (χ1v) is 5.75. The number of halogens is 1. The van der Waals surface area contributed by atoms with Crippen LogP contribution in [0.15, 0.2) is 22.8 Å². The lowest BCUT2D eigenvalue weighted by Crippen LogP contribution is -2.44. The SMILES string of the molecule is CC(c1ccco1)N(C)C1CCCNC1.Cl. The van der Waals surface area contributed by atoms with Crippen LogP contribution < -0.4 is 5.32 Å². The first-order chi connectivity index (χ1) is 7.29. The van der Waals surface area contributed by atoms with Crippen molar-refractivity contribution < 1.29 is 4.42 Å². The van der Waals surface area contributed by atoms with E-state index in [4.69, 9.17) is 4.42 Å². The molecule has 2 heterocycles. The second kappa shape index (κ2) is 6.28. The molecule has 4 heteroatoms. The number of piperidine rings is 1. The fourth-order valence-corrected chi connectivity index (χ4v) is 2.23. The molecule has 1 aliphatic heterocycles. The number of rotatable bonds is 3. The van der Waals surface area contributed by atoms with E-state index in [1.165, 1.54) is 19.4 Å². The maximum atomic E-state index is 5.45. The Balaban J connectivity index is 0.00000128. The van der Waals surface area contributed by atoms with Gasteiger partial charge in [0.2, 0.25) is 0 Å². The Morgan fingerprint density at radius 1 is 1.56 bits per heavy atom. The zero-order chi connectivity index (χ0) is 10.7. The van der Waals surface area contributed by atoms with Crippen LogP contribution in [0.3, 0.4) is 0 Å². The van der Waals surface area contributed by atoms with Crippen LogP contribution >= 0.6 is 12.4 Å². The van der Waals surface area contributed by atoms with E-state index in [1.807, 2.05) is 6.07 Å². The third kappa shape index (κ3) is 3.00. The van der Waals surface area contributed by atoms with E-state index >= 15 is 0 Å². The Bertz CT molecular complexity index is 283. The molecular formula is C12H21ClN2O. The first kappa shape index (κ1) is 13.6. The fraction of sp³-hybridized carbons (Fsp3) is 0.667. The molecule has 0 aromatic carbocycles. The van der Waals surface area contributed by atoms with Crippen LogP contribution in [-0.4, -0.2) is 31.1 Å². The number of furan rings is 1. The van der Waals surface area contributed by atoms with Gasteiger partial charge in [-0.2, -0.15) is 0 Å². The predicted octanol–water partition coefficient (Wildman–Crippen LogP) is 2.45. The van der Waals surface area contributed by atoms with Crippen molar-refractivity contribution in [2.75, 3.05) is 20.1 Å². The second-order valence-corrected chi connectivity index (χ2v) is 4.36. The summed E-state index contributed by atoms with van der Waals surface area (Å²) in [6.45, 7) is 4.47. The minimum absolute atomic E-state index is 0. The highest BCUT2D eigenvalue weighted by molar-refractivity contribution is 5.85. The molecule has 1 aromatic rings. The summed E-state index contributed by atoms with van der Waals surface area (Å²) in [5, 5.41) is 3.44. The van der Waals surface area contributed by atoms with Gasteiger partial charge in [-0.3, -0.25) is 4.90 Å². The molecule has 0 aliphatic carbocycles. The highest BCUT2D eigenvalue weighted by atomic mass is 35.5. The third-order valence-electron chi connectivity index (χ3n) is 3.41. The lowest BCUT2D eigenvalue weighted by atomic mass is 10.0. The first-order valence-electron chi connectivity index (χ1n) is 5.75. The van der Waals surface area contributed by atoms with Crippen LogP contribution in [0.2, 0.25) is 0 Å². The van der Waals surface area contributed by atoms with Crippen molar-refractivity contribution in [1.29, 1.82) is 0 Å². The Morgan fingerprint density at radius 3 is 2.94 bits per heavy atom. The van der Waals surface area contributed by atoms with Crippen LogP contribution in [0.25, 0.3) is 0 Å². The molecule has 1 aromatic heterocycles. The average molecular weight is 245 g/mol. The molecule has 0 amide bonds. The van der Waals surface area contributed by atoms with Crippen molar-refractivity contribution in [1.82, 2.24) is 10.2 Å². The Morgan fingerprint density at radius 2 is 2.38 bits per heavy atom. The summed E-state index contributed by atoms with van der Waals surface area (Å²) in [4.78, 5) is 2.41. The normalized spacial score (nSPS) is 22.8. The maximum Gasteiger partial charge on any atom is 0.120 e. The standard InChI is InChI=1S/C12H20N2O.ClH/c1-10(12-6-4-8-15-12)14(2)11-5-3-7-13-9-11;/h4,6,8,10-11,13H,3,5,7,9H2,1-2H3;1H. The van der Waals surface area contributed by atoms with Crippen LogP contribution in [0, 0.1) is 0 Å². The average Bonchev–Trinajstić information content (AvgIpc) is 2.82. The molecule has 2 atom stereocenters. The molecule has 1 saturated heterocycles. The molecule has 2 unspecified atom stereocenters. The summed E-state index contributed by atoms with van der Waals surface area (Å²) in [5.74, 6) is 1.06. The van der Waals surface area contributed by atoms with Crippen molar-refractivity contribution in [2.45, 2.75) is 31.8 Å². The molecule has 3 nitrogen and oxygen atoms in total. The molecular weight excluding hydrogens is 224 g/mol. The van der Waals surface area contributed by atoms with Crippen molar-refractivity contribution in [3.8, 4) is 0 Å². The van der Waals surface area contributed by atoms with E-state index in [0.717, 1.165) is 12.3 Å². The molecule has 92 valence electrons. The zero-order valence-corrected chi connectivity index (χ0v) is 10.8. The minimum Gasteiger partial charge on any atom is -0.468 e. The number of likely N-dealkylation sites (N-methyl/N-ethyl adjacent to an activating group) is 1. The molecule has 1 fully saturated rings. The summed E-state index contributed by atoms with van der Waals surface area (Å²) in [6, 6.07) is 5.01. The molecule has 1 aliphatic rings. The molecule has 1 N–H and O–H groups in total. The van der Waals surface area contributed by atoms with Crippen LogP contribution in [0.5, 0.6) is 0 Å². The van der Waals surface area contributed by atoms with E-state index < -0.39 is 0 Å². The van der Waals surface area contributed by atoms with Gasteiger partial charge < -0.3 is 9.73 Å². The van der Waals surface area contributed by atoms with Crippen LogP contribution in [-0.2, 0) is 0 Å². The lowest BCUT2D eigenvalue weighted by Gasteiger charge is -2.35. The number of nitrogens with one attached hydrogen (secondary N) is 1. The largest absolute Gasteiger partial charge is 0.468 e. The summed E-state index contributed by atoms with van der Waals surface area (Å²) < 4.78 is 5.45. The smallest absolute Gasteiger partial charge is 0.120 e. The van der Waals surface area contributed by atoms with E-state index in [0.29, 0.717) is 12.1 Å². The van der Waals surface area contributed by atoms with Crippen LogP contribution in [0.4, 0.5) is 0 Å². The van der Waals surface area contributed by atoms with Gasteiger partial charge in [0.05, 0.1) is 12.3 Å². The Kier molecular flexibility index (Phi) is 5.32. The zero-order valence-electron chi connectivity index (χ0n) is 9.98. The summed E-state index contributed by atoms with van der Waals surface area (Å²) >= 11 is 0. The van der Waals surface area contributed by atoms with E-state index in [9.17, 15) is 0 Å². The van der Waals surface area contributed by atoms with Gasteiger partial charge in [-0.15, -0.1) is 12.4 Å². The number of nitrogens with zero attached hydrogens (tertiary/aromatic N) is 1. The number of hydrogen-bond acceptors (Lipinski definition) is 3. The minimum atomic E-state index is 0. The van der Waals surface area contributed by atoms with Crippen molar-refractivity contribution in [3.05, 3.63) is 24.2 Å². The predicted molar refractivity (Wildman–Crippen MR) is 68.0 cm³/mol. The van der Waals surface area contributed by atoms with Crippen molar-refractivity contribution >= 4 is 12.4 Å². The topological polar surface area (TPSA) is 28.4 Å². The van der Waals surface area contributed by atoms with Gasteiger partial charge in [0, 0.05) is 12.6 Å². The third-order valence-corrected chi connectivity index (χ3v) is 3.41. The fourth-order valence-electron chi connectivity index (χ4n) is 2.23. The van der Waals surface area contributed by atoms with Crippen molar-refractivity contribution in [2.24, 2.45) is 0 Å². The van der Waals surface area contributed by atoms with E-state index in [-0.39, 0.29) is 12.4 Å². The van der Waals surface area contributed by atoms with Gasteiger partial charge >= 0.3 is 0 Å². The molecule has 0 radical (unpaired) electrons. The van der Waals surface area contributed by atoms with Gasteiger partial charge in [0.1, 0.15) is 5.76 Å². The Labute approximate surface area is 104 Å². The lowest BCUT2D eigenvalue weighted by molar-refractivity contribution is 0.141. The molecule has 2 rings (SSSR count). The number of hydrogen-bond donors (Lipinski definition) is 1. The summed E-state index contributed by atoms with van der Waals surface area (Å²) in [6.07, 6.45) is 4.31. The van der Waals surface area contributed by atoms with Gasteiger partial charge in [0.15, 0.2) is 0 Å². The highest BCUT2D eigenvalue weighted by Gasteiger charge is 2.23. The Hall–Kier alpha value is -0.510. The second-order valence-electron chi connectivity index (χ2n) is 4.36. The molecule has 16 heavy (non-hydrogen) atoms. The van der Waals surface area contributed by atoms with Gasteiger partial charge in [-0.05, 0) is 45.5 Å². The monoisotopic (exact) mass is 244 g/mol. The van der Waals surface area contributed by atoms with Gasteiger partial charge in [-0.1, -0.05) is 0 Å². The van der Waals surface area contributed by atoms with E-state index in [1.54, 1.807) is 6.26 Å². The van der Waals surface area contributed by atoms with Crippen LogP contribution in [0.1, 0.15) is 31.6 Å². The van der Waals surface area contributed by atoms with Crippen molar-refractivity contribution in [3.63, 3.8) is 0 Å². The quantitative estimate of drug-likeness (QED) is 0.886. The maximum absolute atomic E-state index is 5.45. The summed E-state index contributed by atoms with van der Waals surface area (Å²) in [5.41, 5.74) is 0. The summed E-state index contributed by atoms with van der Waals surface area (Å²) in [7, 11) is 2.19. The highest BCUT2D eigenvalue weighted by Crippen LogP contribution is 2.23. The molecule has 0 spiro atoms. The van der Waals surface area contributed by atoms with Gasteiger partial charge in [-0.25, -0.2) is 0 Å².